The average Bonchev–Trinajstić information content (AvgIpc) is 2.95. The molecule has 8 heteroatoms. The molecule has 4 N–H and O–H groups in total. The first-order chi connectivity index (χ1) is 8.56. The highest BCUT2D eigenvalue weighted by Gasteiger charge is 2.26. The minimum Gasteiger partial charge on any atom is -0.472 e. The van der Waals surface area contributed by atoms with Crippen molar-refractivity contribution in [1.29, 1.82) is 0 Å². The molecule has 2 aliphatic heterocycles. The first kappa shape index (κ1) is 12.3. The van der Waals surface area contributed by atoms with Crippen LogP contribution in [0.1, 0.15) is 12.8 Å². The number of carbonyl (C=O) groups is 2. The van der Waals surface area contributed by atoms with Crippen LogP contribution < -0.4 is 11.5 Å². The number of hydrogen-bond donors (Lipinski definition) is 2. The Morgan fingerprint density at radius 1 is 1.00 bits per heavy atom. The third-order valence-electron chi connectivity index (χ3n) is 2.68. The molecule has 18 heavy (non-hydrogen) atoms. The maximum absolute atomic E-state index is 10.8. The van der Waals surface area contributed by atoms with Crippen LogP contribution in [0.4, 0.5) is 0 Å². The number of aliphatic imine (C=N–C) groups is 2. The fourth-order valence-electron chi connectivity index (χ4n) is 1.78. The average molecular weight is 254 g/mol. The highest BCUT2D eigenvalue weighted by molar-refractivity contribution is 6.35. The normalized spacial score (nSPS) is 26.0. The van der Waals surface area contributed by atoms with E-state index in [1.807, 2.05) is 0 Å². The van der Waals surface area contributed by atoms with Gasteiger partial charge in [-0.3, -0.25) is 9.59 Å². The van der Waals surface area contributed by atoms with E-state index in [2.05, 4.69) is 9.98 Å². The molecule has 0 aliphatic carbocycles. The summed E-state index contributed by atoms with van der Waals surface area (Å²) in [6, 6.07) is -0.194. The Hall–Kier alpha value is -2.12. The van der Waals surface area contributed by atoms with Gasteiger partial charge in [-0.2, -0.15) is 0 Å². The third-order valence-corrected chi connectivity index (χ3v) is 2.68. The lowest BCUT2D eigenvalue weighted by atomic mass is 10.1. The molecule has 0 saturated heterocycles. The summed E-state index contributed by atoms with van der Waals surface area (Å²) in [5.74, 6) is -1.36. The Morgan fingerprint density at radius 3 is 1.67 bits per heavy atom. The van der Waals surface area contributed by atoms with Gasteiger partial charge in [-0.1, -0.05) is 0 Å². The lowest BCUT2D eigenvalue weighted by molar-refractivity contribution is -0.113. The zero-order valence-corrected chi connectivity index (χ0v) is 9.67. The molecular formula is C10H14N4O4. The molecule has 0 bridgehead atoms. The molecule has 0 aromatic heterocycles. The molecule has 98 valence electrons. The quantitative estimate of drug-likeness (QED) is 0.607. The summed E-state index contributed by atoms with van der Waals surface area (Å²) in [5, 5.41) is 0. The molecule has 8 nitrogen and oxygen atoms in total. The maximum Gasteiger partial charge on any atom is 0.303 e. The second kappa shape index (κ2) is 5.03. The summed E-state index contributed by atoms with van der Waals surface area (Å²) >= 11 is 0. The molecule has 2 heterocycles. The lowest BCUT2D eigenvalue weighted by Crippen LogP contribution is -2.23. The molecule has 2 aliphatic rings. The molecule has 0 fully saturated rings. The molecule has 0 aromatic carbocycles. The maximum atomic E-state index is 10.8. The Balaban J connectivity index is 1.80. The van der Waals surface area contributed by atoms with E-state index in [4.69, 9.17) is 20.9 Å². The summed E-state index contributed by atoms with van der Waals surface area (Å²) in [7, 11) is 0. The molecule has 0 spiro atoms. The van der Waals surface area contributed by atoms with Crippen LogP contribution >= 0.6 is 0 Å². The summed E-state index contributed by atoms with van der Waals surface area (Å²) in [5.41, 5.74) is 10.1. The van der Waals surface area contributed by atoms with Crippen molar-refractivity contribution in [2.24, 2.45) is 21.5 Å². The third kappa shape index (κ3) is 2.76. The first-order valence-corrected chi connectivity index (χ1v) is 5.57. The van der Waals surface area contributed by atoms with E-state index in [-0.39, 0.29) is 23.9 Å². The van der Waals surface area contributed by atoms with Gasteiger partial charge in [0.05, 0.1) is 12.1 Å². The molecule has 2 unspecified atom stereocenters. The molecule has 2 atom stereocenters. The smallest absolute Gasteiger partial charge is 0.303 e. The molecule has 0 saturated carbocycles. The Labute approximate surface area is 103 Å². The second-order valence-corrected chi connectivity index (χ2v) is 4.10. The number of ether oxygens (including phenoxy) is 2. The van der Waals surface area contributed by atoms with Crippen LogP contribution in [0.25, 0.3) is 0 Å². The van der Waals surface area contributed by atoms with E-state index in [1.165, 1.54) is 0 Å². The van der Waals surface area contributed by atoms with Gasteiger partial charge in [0, 0.05) is 0 Å². The number of hydrogen-bond acceptors (Lipinski definition) is 6. The first-order valence-electron chi connectivity index (χ1n) is 5.57. The lowest BCUT2D eigenvalue weighted by Gasteiger charge is -2.06. The summed E-state index contributed by atoms with van der Waals surface area (Å²) in [6.07, 6.45) is 1.36. The summed E-state index contributed by atoms with van der Waals surface area (Å²) < 4.78 is 10.1. The van der Waals surface area contributed by atoms with Crippen LogP contribution in [-0.2, 0) is 19.1 Å². The molecule has 0 aromatic rings. The van der Waals surface area contributed by atoms with Crippen LogP contribution in [0.15, 0.2) is 9.98 Å². The van der Waals surface area contributed by atoms with Gasteiger partial charge in [0.2, 0.25) is 0 Å². The number of amides is 2. The standard InChI is InChI=1S/C10H14N4O4/c11-7(15)9-13-5(3-17-9)1-2-6-4-18-10(14-6)8(12)16/h5-6H,1-4H2,(H2,11,15)(H2,12,16). The van der Waals surface area contributed by atoms with E-state index in [0.29, 0.717) is 26.1 Å². The van der Waals surface area contributed by atoms with Crippen LogP contribution in [0.5, 0.6) is 0 Å². The van der Waals surface area contributed by atoms with Crippen molar-refractivity contribution in [3.63, 3.8) is 0 Å². The zero-order valence-electron chi connectivity index (χ0n) is 9.67. The Kier molecular flexibility index (Phi) is 3.45. The van der Waals surface area contributed by atoms with Crippen molar-refractivity contribution in [3.05, 3.63) is 0 Å². The molecular weight excluding hydrogens is 240 g/mol. The van der Waals surface area contributed by atoms with Gasteiger partial charge < -0.3 is 20.9 Å². The van der Waals surface area contributed by atoms with Crippen molar-refractivity contribution in [2.75, 3.05) is 13.2 Å². The fraction of sp³-hybridized carbons (Fsp3) is 0.600. The topological polar surface area (TPSA) is 129 Å². The zero-order chi connectivity index (χ0) is 13.1. The van der Waals surface area contributed by atoms with Crippen molar-refractivity contribution in [2.45, 2.75) is 24.9 Å². The molecule has 2 rings (SSSR count). The number of primary amides is 2. The summed E-state index contributed by atoms with van der Waals surface area (Å²) in [4.78, 5) is 29.7. The fourth-order valence-corrected chi connectivity index (χ4v) is 1.78. The van der Waals surface area contributed by atoms with Crippen LogP contribution in [0, 0.1) is 0 Å². The monoisotopic (exact) mass is 254 g/mol. The van der Waals surface area contributed by atoms with Crippen molar-refractivity contribution in [3.8, 4) is 0 Å². The number of carbonyl (C=O) groups excluding carboxylic acids is 2. The number of rotatable bonds is 5. The molecule has 2 amide bonds. The predicted molar refractivity (Wildman–Crippen MR) is 62.0 cm³/mol. The van der Waals surface area contributed by atoms with Gasteiger partial charge in [-0.15, -0.1) is 0 Å². The van der Waals surface area contributed by atoms with E-state index >= 15 is 0 Å². The van der Waals surface area contributed by atoms with E-state index in [0.717, 1.165) is 0 Å². The van der Waals surface area contributed by atoms with Crippen molar-refractivity contribution in [1.82, 2.24) is 0 Å². The van der Waals surface area contributed by atoms with Crippen LogP contribution in [-0.4, -0.2) is 48.9 Å². The van der Waals surface area contributed by atoms with Gasteiger partial charge in [0.1, 0.15) is 13.2 Å². The highest BCUT2D eigenvalue weighted by Crippen LogP contribution is 2.16. The highest BCUT2D eigenvalue weighted by atomic mass is 16.5. The number of nitrogens with zero attached hydrogens (tertiary/aromatic N) is 2. The van der Waals surface area contributed by atoms with Crippen molar-refractivity contribution >= 4 is 23.6 Å². The van der Waals surface area contributed by atoms with Crippen LogP contribution in [0.3, 0.4) is 0 Å². The van der Waals surface area contributed by atoms with Gasteiger partial charge in [0.15, 0.2) is 0 Å². The second-order valence-electron chi connectivity index (χ2n) is 4.10. The van der Waals surface area contributed by atoms with E-state index in [9.17, 15) is 9.59 Å². The van der Waals surface area contributed by atoms with Gasteiger partial charge >= 0.3 is 11.8 Å². The van der Waals surface area contributed by atoms with E-state index < -0.39 is 11.8 Å². The number of nitrogens with two attached hydrogens (primary N) is 2. The largest absolute Gasteiger partial charge is 0.472 e. The van der Waals surface area contributed by atoms with Crippen LogP contribution in [0.2, 0.25) is 0 Å². The SMILES string of the molecule is NC(=O)C1=NC(CCC2COC(C(N)=O)=N2)CO1. The minimum absolute atomic E-state index is 0.0241. The Morgan fingerprint density at radius 2 is 1.39 bits per heavy atom. The van der Waals surface area contributed by atoms with Crippen molar-refractivity contribution < 1.29 is 19.1 Å². The molecule has 0 radical (unpaired) electrons. The van der Waals surface area contributed by atoms with Gasteiger partial charge in [-0.05, 0) is 12.8 Å². The predicted octanol–water partition coefficient (Wildman–Crippen LogP) is -1.67. The summed E-state index contributed by atoms with van der Waals surface area (Å²) in [6.45, 7) is 0.691. The Bertz CT molecular complexity index is 392. The van der Waals surface area contributed by atoms with E-state index in [1.54, 1.807) is 0 Å². The van der Waals surface area contributed by atoms with Gasteiger partial charge in [0.25, 0.3) is 11.8 Å². The minimum atomic E-state index is -0.657. The van der Waals surface area contributed by atoms with Gasteiger partial charge in [-0.25, -0.2) is 9.98 Å².